The Morgan fingerprint density at radius 1 is 1.15 bits per heavy atom. The molecule has 0 radical (unpaired) electrons. The minimum Gasteiger partial charge on any atom is -0.378 e. The van der Waals surface area contributed by atoms with Crippen LogP contribution in [0.5, 0.6) is 0 Å². The highest BCUT2D eigenvalue weighted by Crippen LogP contribution is 2.30. The van der Waals surface area contributed by atoms with Crippen LogP contribution in [0.15, 0.2) is 24.3 Å². The lowest BCUT2D eigenvalue weighted by atomic mass is 9.96. The maximum atomic E-state index is 12.6. The molecular weight excluding hydrogens is 349 g/mol. The van der Waals surface area contributed by atoms with E-state index in [9.17, 15) is 22.8 Å². The number of nitrogens with one attached hydrogen (secondary N) is 1. The van der Waals surface area contributed by atoms with E-state index < -0.39 is 17.8 Å². The summed E-state index contributed by atoms with van der Waals surface area (Å²) in [5.41, 5.74) is -0.0806. The summed E-state index contributed by atoms with van der Waals surface area (Å²) in [7, 11) is 0. The first-order valence-electron chi connectivity index (χ1n) is 8.51. The number of hydrogen-bond acceptors (Lipinski definition) is 3. The monoisotopic (exact) mass is 372 g/mol. The molecule has 0 spiro atoms. The number of carbonyl (C=O) groups excluding carboxylic acids is 2. The van der Waals surface area contributed by atoms with E-state index in [1.807, 2.05) is 0 Å². The summed E-state index contributed by atoms with van der Waals surface area (Å²) in [6.45, 7) is 5.35. The number of morpholine rings is 1. The van der Waals surface area contributed by atoms with Gasteiger partial charge < -0.3 is 15.0 Å². The molecule has 1 aromatic carbocycles. The van der Waals surface area contributed by atoms with Crippen molar-refractivity contribution in [2.45, 2.75) is 38.4 Å². The summed E-state index contributed by atoms with van der Waals surface area (Å²) in [5, 5.41) is 2.66. The van der Waals surface area contributed by atoms with Gasteiger partial charge >= 0.3 is 6.18 Å². The summed E-state index contributed by atoms with van der Waals surface area (Å²) < 4.78 is 43.0. The van der Waals surface area contributed by atoms with E-state index in [0.29, 0.717) is 31.9 Å². The number of ether oxygens (including phenoxy) is 1. The van der Waals surface area contributed by atoms with E-state index in [1.165, 1.54) is 12.1 Å². The highest BCUT2D eigenvalue weighted by Gasteiger charge is 2.30. The predicted octanol–water partition coefficient (Wildman–Crippen LogP) is 2.56. The second-order valence-corrected chi connectivity index (χ2v) is 6.45. The molecule has 0 bridgehead atoms. The molecule has 2 rings (SSSR count). The van der Waals surface area contributed by atoms with Crippen molar-refractivity contribution in [3.05, 3.63) is 35.4 Å². The molecule has 2 atom stereocenters. The summed E-state index contributed by atoms with van der Waals surface area (Å²) >= 11 is 0. The topological polar surface area (TPSA) is 58.6 Å². The zero-order valence-electron chi connectivity index (χ0n) is 14.8. The zero-order chi connectivity index (χ0) is 19.3. The molecular formula is C18H23F3N2O3. The number of hydrogen-bond donors (Lipinski definition) is 1. The molecule has 5 nitrogen and oxygen atoms in total. The second-order valence-electron chi connectivity index (χ2n) is 6.45. The maximum absolute atomic E-state index is 12.6. The Kier molecular flexibility index (Phi) is 6.63. The van der Waals surface area contributed by atoms with E-state index in [-0.39, 0.29) is 24.2 Å². The smallest absolute Gasteiger partial charge is 0.378 e. The minimum absolute atomic E-state index is 0.0894. The summed E-state index contributed by atoms with van der Waals surface area (Å²) in [4.78, 5) is 26.1. The van der Waals surface area contributed by atoms with E-state index in [1.54, 1.807) is 18.7 Å². The fourth-order valence-electron chi connectivity index (χ4n) is 2.82. The fourth-order valence-corrected chi connectivity index (χ4v) is 2.82. The van der Waals surface area contributed by atoms with Crippen LogP contribution in [0.25, 0.3) is 0 Å². The largest absolute Gasteiger partial charge is 0.416 e. The average molecular weight is 372 g/mol. The fraction of sp³-hybridized carbons (Fsp3) is 0.556. The van der Waals surface area contributed by atoms with Gasteiger partial charge in [0.05, 0.1) is 18.8 Å². The molecule has 0 aromatic heterocycles. The van der Waals surface area contributed by atoms with Crippen molar-refractivity contribution >= 4 is 11.8 Å². The average Bonchev–Trinajstić information content (AvgIpc) is 2.61. The SMILES string of the molecule is CC(NC(=O)CC(C)c1ccc(C(F)(F)F)cc1)C(=O)N1CCOCC1. The Morgan fingerprint density at radius 3 is 2.27 bits per heavy atom. The van der Waals surface area contributed by atoms with Gasteiger partial charge in [0.25, 0.3) is 0 Å². The highest BCUT2D eigenvalue weighted by molar-refractivity contribution is 5.87. The lowest BCUT2D eigenvalue weighted by Crippen LogP contribution is -2.50. The van der Waals surface area contributed by atoms with Crippen molar-refractivity contribution in [1.82, 2.24) is 10.2 Å². The standard InChI is InChI=1S/C18H23F3N2O3/c1-12(14-3-5-15(6-4-14)18(19,20)21)11-16(24)22-13(2)17(25)23-7-9-26-10-8-23/h3-6,12-13H,7-11H2,1-2H3,(H,22,24). The Balaban J connectivity index is 1.87. The maximum Gasteiger partial charge on any atom is 0.416 e. The summed E-state index contributed by atoms with van der Waals surface area (Å²) in [6.07, 6.45) is -4.29. The third-order valence-electron chi connectivity index (χ3n) is 4.37. The van der Waals surface area contributed by atoms with Gasteiger partial charge in [0.2, 0.25) is 11.8 Å². The van der Waals surface area contributed by atoms with Crippen LogP contribution in [-0.2, 0) is 20.5 Å². The van der Waals surface area contributed by atoms with Crippen LogP contribution in [0, 0.1) is 0 Å². The quantitative estimate of drug-likeness (QED) is 0.864. The molecule has 1 saturated heterocycles. The van der Waals surface area contributed by atoms with Gasteiger partial charge in [-0.05, 0) is 30.5 Å². The number of alkyl halides is 3. The van der Waals surface area contributed by atoms with Crippen molar-refractivity contribution < 1.29 is 27.5 Å². The molecule has 1 aliphatic rings. The number of nitrogens with zero attached hydrogens (tertiary/aromatic N) is 1. The van der Waals surface area contributed by atoms with Gasteiger partial charge in [-0.1, -0.05) is 19.1 Å². The first kappa shape index (κ1) is 20.2. The Hall–Kier alpha value is -2.09. The van der Waals surface area contributed by atoms with Crippen molar-refractivity contribution in [2.75, 3.05) is 26.3 Å². The van der Waals surface area contributed by atoms with Gasteiger partial charge in [-0.2, -0.15) is 13.2 Å². The first-order valence-corrected chi connectivity index (χ1v) is 8.51. The molecule has 144 valence electrons. The van der Waals surface area contributed by atoms with Crippen LogP contribution < -0.4 is 5.32 Å². The second kappa shape index (κ2) is 8.53. The molecule has 1 heterocycles. The Morgan fingerprint density at radius 2 is 1.73 bits per heavy atom. The van der Waals surface area contributed by atoms with Crippen molar-refractivity contribution in [3.63, 3.8) is 0 Å². The minimum atomic E-state index is -4.38. The molecule has 8 heteroatoms. The van der Waals surface area contributed by atoms with Crippen LogP contribution in [0.1, 0.15) is 37.3 Å². The van der Waals surface area contributed by atoms with Crippen molar-refractivity contribution in [2.24, 2.45) is 0 Å². The number of amides is 2. The molecule has 26 heavy (non-hydrogen) atoms. The Bertz CT molecular complexity index is 626. The van der Waals surface area contributed by atoms with Crippen molar-refractivity contribution in [1.29, 1.82) is 0 Å². The van der Waals surface area contributed by atoms with Crippen LogP contribution >= 0.6 is 0 Å². The molecule has 2 unspecified atom stereocenters. The van der Waals surface area contributed by atoms with Gasteiger partial charge in [-0.3, -0.25) is 9.59 Å². The molecule has 1 aliphatic heterocycles. The molecule has 1 aromatic rings. The summed E-state index contributed by atoms with van der Waals surface area (Å²) in [5.74, 6) is -0.738. The third kappa shape index (κ3) is 5.45. The van der Waals surface area contributed by atoms with E-state index >= 15 is 0 Å². The summed E-state index contributed by atoms with van der Waals surface area (Å²) in [6, 6.07) is 4.12. The van der Waals surface area contributed by atoms with Crippen LogP contribution in [0.3, 0.4) is 0 Å². The van der Waals surface area contributed by atoms with E-state index in [2.05, 4.69) is 5.32 Å². The molecule has 2 amide bonds. The van der Waals surface area contributed by atoms with Gasteiger partial charge in [-0.15, -0.1) is 0 Å². The van der Waals surface area contributed by atoms with E-state index in [4.69, 9.17) is 4.74 Å². The number of rotatable bonds is 5. The van der Waals surface area contributed by atoms with Crippen LogP contribution in [-0.4, -0.2) is 49.1 Å². The van der Waals surface area contributed by atoms with E-state index in [0.717, 1.165) is 12.1 Å². The molecule has 0 aliphatic carbocycles. The van der Waals surface area contributed by atoms with Gasteiger partial charge in [0.1, 0.15) is 6.04 Å². The predicted molar refractivity (Wildman–Crippen MR) is 89.5 cm³/mol. The lowest BCUT2D eigenvalue weighted by molar-refractivity contribution is -0.139. The van der Waals surface area contributed by atoms with Gasteiger partial charge in [-0.25, -0.2) is 0 Å². The first-order chi connectivity index (χ1) is 12.2. The zero-order valence-corrected chi connectivity index (χ0v) is 14.8. The van der Waals surface area contributed by atoms with Crippen molar-refractivity contribution in [3.8, 4) is 0 Å². The third-order valence-corrected chi connectivity index (χ3v) is 4.37. The highest BCUT2D eigenvalue weighted by atomic mass is 19.4. The lowest BCUT2D eigenvalue weighted by Gasteiger charge is -2.29. The molecule has 0 saturated carbocycles. The number of carbonyl (C=O) groups is 2. The normalized spacial score (nSPS) is 17.5. The van der Waals surface area contributed by atoms with Crippen LogP contribution in [0.2, 0.25) is 0 Å². The van der Waals surface area contributed by atoms with Gasteiger partial charge in [0.15, 0.2) is 0 Å². The molecule has 1 N–H and O–H groups in total. The molecule has 1 fully saturated rings. The van der Waals surface area contributed by atoms with Crippen LogP contribution in [0.4, 0.5) is 13.2 Å². The van der Waals surface area contributed by atoms with Gasteiger partial charge in [0, 0.05) is 19.5 Å². The number of benzene rings is 1. The Labute approximate surface area is 150 Å². The number of halogens is 3.